The highest BCUT2D eigenvalue weighted by Crippen LogP contribution is 2.40. The number of fused-ring (bicyclic) bond motifs is 1. The molecule has 9 nitrogen and oxygen atoms in total. The van der Waals surface area contributed by atoms with Crippen LogP contribution in [0.2, 0.25) is 0 Å². The van der Waals surface area contributed by atoms with Crippen LogP contribution in [0.1, 0.15) is 46.0 Å². The molecule has 0 spiro atoms. The Bertz CT molecular complexity index is 699. The molecule has 3 rings (SSSR count). The van der Waals surface area contributed by atoms with E-state index in [0.717, 1.165) is 0 Å². The lowest BCUT2D eigenvalue weighted by Gasteiger charge is -2.30. The molecule has 30 heavy (non-hydrogen) atoms. The van der Waals surface area contributed by atoms with Crippen LogP contribution in [0.25, 0.3) is 0 Å². The number of hydrogen-bond acceptors (Lipinski definition) is 9. The van der Waals surface area contributed by atoms with Crippen LogP contribution in [0.5, 0.6) is 0 Å². The Hall–Kier alpha value is -2.23. The number of rotatable bonds is 4. The lowest BCUT2D eigenvalue weighted by molar-refractivity contribution is -0.235. The zero-order chi connectivity index (χ0) is 21.7. The molecule has 0 radical (unpaired) electrons. The van der Waals surface area contributed by atoms with Crippen molar-refractivity contribution in [2.24, 2.45) is 0 Å². The number of esters is 3. The van der Waals surface area contributed by atoms with Crippen LogP contribution in [0.15, 0.2) is 24.8 Å². The number of allylic oxidation sites excluding steroid dienone is 2. The summed E-state index contributed by atoms with van der Waals surface area (Å²) < 4.78 is 33.9. The van der Waals surface area contributed by atoms with E-state index in [9.17, 15) is 14.4 Å². The van der Waals surface area contributed by atoms with E-state index in [1.807, 2.05) is 12.2 Å². The smallest absolute Gasteiger partial charge is 0.310 e. The van der Waals surface area contributed by atoms with Gasteiger partial charge >= 0.3 is 17.9 Å². The van der Waals surface area contributed by atoms with Crippen molar-refractivity contribution in [3.63, 3.8) is 0 Å². The monoisotopic (exact) mass is 424 g/mol. The second kappa shape index (κ2) is 9.72. The van der Waals surface area contributed by atoms with Crippen molar-refractivity contribution in [3.05, 3.63) is 24.8 Å². The zero-order valence-corrected chi connectivity index (χ0v) is 17.2. The van der Waals surface area contributed by atoms with Crippen molar-refractivity contribution >= 4 is 17.9 Å². The average molecular weight is 424 g/mol. The maximum absolute atomic E-state index is 12.3. The van der Waals surface area contributed by atoms with E-state index < -0.39 is 54.4 Å². The van der Waals surface area contributed by atoms with Crippen LogP contribution >= 0.6 is 0 Å². The Morgan fingerprint density at radius 1 is 1.17 bits per heavy atom. The minimum absolute atomic E-state index is 0.00334. The molecule has 0 aromatic heterocycles. The van der Waals surface area contributed by atoms with Crippen LogP contribution in [0, 0.1) is 0 Å². The molecule has 5 atom stereocenters. The molecule has 9 heteroatoms. The second-order valence-corrected chi connectivity index (χ2v) is 7.78. The summed E-state index contributed by atoms with van der Waals surface area (Å²) in [4.78, 5) is 36.4. The summed E-state index contributed by atoms with van der Waals surface area (Å²) >= 11 is 0. The molecule has 0 aliphatic carbocycles. The molecule has 2 unspecified atom stereocenters. The zero-order valence-electron chi connectivity index (χ0n) is 17.2. The van der Waals surface area contributed by atoms with Gasteiger partial charge in [0.05, 0.1) is 6.42 Å². The van der Waals surface area contributed by atoms with Gasteiger partial charge in [0.15, 0.2) is 30.4 Å². The van der Waals surface area contributed by atoms with Crippen LogP contribution in [0.3, 0.4) is 0 Å². The van der Waals surface area contributed by atoms with Gasteiger partial charge in [0.2, 0.25) is 0 Å². The first-order valence-corrected chi connectivity index (χ1v) is 10.1. The molecule has 3 aliphatic rings. The number of ether oxygens (including phenoxy) is 6. The topological polar surface area (TPSA) is 107 Å². The summed E-state index contributed by atoms with van der Waals surface area (Å²) in [6.07, 6.45) is 2.15. The van der Waals surface area contributed by atoms with Gasteiger partial charge in [-0.3, -0.25) is 14.4 Å². The molecular formula is C21H28O9. The van der Waals surface area contributed by atoms with Crippen molar-refractivity contribution in [1.82, 2.24) is 0 Å². The summed E-state index contributed by atoms with van der Waals surface area (Å²) in [6.45, 7) is 6.74. The highest BCUT2D eigenvalue weighted by Gasteiger charge is 2.59. The predicted octanol–water partition coefficient (Wildman–Crippen LogP) is 1.94. The number of cyclic esters (lactones) is 2. The van der Waals surface area contributed by atoms with E-state index in [-0.39, 0.29) is 25.9 Å². The first-order valence-electron chi connectivity index (χ1n) is 10.1. The molecule has 0 amide bonds. The van der Waals surface area contributed by atoms with E-state index in [1.54, 1.807) is 13.8 Å². The summed E-state index contributed by atoms with van der Waals surface area (Å²) in [5.41, 5.74) is 0. The molecule has 0 aromatic rings. The van der Waals surface area contributed by atoms with E-state index in [4.69, 9.17) is 28.4 Å². The van der Waals surface area contributed by atoms with Crippen LogP contribution in [-0.4, -0.2) is 61.0 Å². The van der Waals surface area contributed by atoms with Crippen molar-refractivity contribution in [2.45, 2.75) is 82.4 Å². The first-order chi connectivity index (χ1) is 14.3. The van der Waals surface area contributed by atoms with E-state index in [1.165, 1.54) is 6.08 Å². The normalized spacial score (nSPS) is 34.1. The molecule has 0 aromatic carbocycles. The van der Waals surface area contributed by atoms with Crippen molar-refractivity contribution in [3.8, 4) is 0 Å². The van der Waals surface area contributed by atoms with Crippen molar-refractivity contribution in [1.29, 1.82) is 0 Å². The van der Waals surface area contributed by atoms with Gasteiger partial charge in [-0.2, -0.15) is 0 Å². The fourth-order valence-corrected chi connectivity index (χ4v) is 3.56. The van der Waals surface area contributed by atoms with Gasteiger partial charge in [-0.25, -0.2) is 0 Å². The van der Waals surface area contributed by atoms with Gasteiger partial charge in [0, 0.05) is 12.8 Å². The summed E-state index contributed by atoms with van der Waals surface area (Å²) in [5.74, 6) is -2.35. The number of carbonyl (C=O) groups is 3. The fourth-order valence-electron chi connectivity index (χ4n) is 3.56. The second-order valence-electron chi connectivity index (χ2n) is 7.78. The molecule has 0 bridgehead atoms. The van der Waals surface area contributed by atoms with Crippen molar-refractivity contribution in [2.75, 3.05) is 6.61 Å². The van der Waals surface area contributed by atoms with E-state index in [2.05, 4.69) is 6.58 Å². The highest BCUT2D eigenvalue weighted by molar-refractivity contribution is 5.72. The van der Waals surface area contributed by atoms with Crippen molar-refractivity contribution < 1.29 is 42.8 Å². The molecule has 0 saturated carbocycles. The highest BCUT2D eigenvalue weighted by atomic mass is 16.8. The van der Waals surface area contributed by atoms with E-state index >= 15 is 0 Å². The Morgan fingerprint density at radius 3 is 2.57 bits per heavy atom. The third kappa shape index (κ3) is 5.68. The maximum atomic E-state index is 12.3. The number of hydrogen-bond donors (Lipinski definition) is 0. The Balaban J connectivity index is 1.79. The molecule has 166 valence electrons. The predicted molar refractivity (Wildman–Crippen MR) is 102 cm³/mol. The van der Waals surface area contributed by atoms with Gasteiger partial charge in [-0.05, 0) is 26.7 Å². The Kier molecular flexibility index (Phi) is 7.27. The standard InChI is InChI=1S/C21H28O9/c1-4-9-15(23)27-18-17(28-20-19(18)29-21(2,3)30-20)13-12-25-14(22)10-7-5-6-8-11-16(24)26-13/h4-6,13,17-20H,1,7-12H2,2-3H3/t13-,17+,18-,19?,20?/m0/s1. The van der Waals surface area contributed by atoms with Gasteiger partial charge in [0.1, 0.15) is 12.7 Å². The number of carbonyl (C=O) groups excluding carboxylic acids is 3. The maximum Gasteiger partial charge on any atom is 0.310 e. The minimum Gasteiger partial charge on any atom is -0.462 e. The molecular weight excluding hydrogens is 396 g/mol. The van der Waals surface area contributed by atoms with Gasteiger partial charge in [-0.1, -0.05) is 18.2 Å². The third-order valence-corrected chi connectivity index (χ3v) is 4.86. The minimum atomic E-state index is -0.979. The van der Waals surface area contributed by atoms with Gasteiger partial charge in [0.25, 0.3) is 0 Å². The summed E-state index contributed by atoms with van der Waals surface area (Å²) in [5, 5.41) is 0. The van der Waals surface area contributed by atoms with E-state index in [0.29, 0.717) is 12.8 Å². The van der Waals surface area contributed by atoms with Crippen LogP contribution in [-0.2, 0) is 42.8 Å². The lowest BCUT2D eigenvalue weighted by Crippen LogP contribution is -2.47. The largest absolute Gasteiger partial charge is 0.462 e. The lowest BCUT2D eigenvalue weighted by atomic mass is 10.1. The van der Waals surface area contributed by atoms with Crippen LogP contribution in [0.4, 0.5) is 0 Å². The molecule has 2 fully saturated rings. The Labute approximate surface area is 175 Å². The summed E-state index contributed by atoms with van der Waals surface area (Å²) in [7, 11) is 0. The fraction of sp³-hybridized carbons (Fsp3) is 0.667. The molecule has 2 saturated heterocycles. The van der Waals surface area contributed by atoms with Gasteiger partial charge < -0.3 is 28.4 Å². The Morgan fingerprint density at radius 2 is 1.87 bits per heavy atom. The third-order valence-electron chi connectivity index (χ3n) is 4.86. The van der Waals surface area contributed by atoms with Gasteiger partial charge in [-0.15, -0.1) is 6.58 Å². The SMILES string of the molecule is C=CCC(=O)O[C@@H]1C2OC(C)(C)OC2O[C@@H]1[C@@H]1COC(=O)CCC=CCCC(=O)O1. The van der Waals surface area contributed by atoms with Crippen LogP contribution < -0.4 is 0 Å². The average Bonchev–Trinajstić information content (AvgIpc) is 3.13. The summed E-state index contributed by atoms with van der Waals surface area (Å²) in [6, 6.07) is 0. The quantitative estimate of drug-likeness (QED) is 0.380. The first kappa shape index (κ1) is 22.5. The molecule has 3 aliphatic heterocycles. The molecule has 0 N–H and O–H groups in total. The molecule has 3 heterocycles.